The van der Waals surface area contributed by atoms with Gasteiger partial charge in [-0.05, 0) is 25.1 Å². The zero-order valence-electron chi connectivity index (χ0n) is 10.9. The summed E-state index contributed by atoms with van der Waals surface area (Å²) in [5.74, 6) is 2.23. The molecule has 0 unspecified atom stereocenters. The lowest BCUT2D eigenvalue weighted by Gasteiger charge is -2.09. The Bertz CT molecular complexity index is 592. The van der Waals surface area contributed by atoms with Crippen LogP contribution in [-0.2, 0) is 6.54 Å². The Morgan fingerprint density at radius 2 is 2.05 bits per heavy atom. The fourth-order valence-corrected chi connectivity index (χ4v) is 2.18. The number of aryl methyl sites for hydroxylation is 1. The minimum absolute atomic E-state index is 0.676. The fourth-order valence-electron chi connectivity index (χ4n) is 2.18. The molecule has 3 rings (SSSR count). The summed E-state index contributed by atoms with van der Waals surface area (Å²) >= 11 is 0. The molecule has 5 heteroatoms. The van der Waals surface area contributed by atoms with Crippen LogP contribution in [0.5, 0.6) is 11.5 Å². The second kappa shape index (κ2) is 4.84. The molecule has 0 atom stereocenters. The van der Waals surface area contributed by atoms with Crippen molar-refractivity contribution in [3.05, 3.63) is 24.5 Å². The van der Waals surface area contributed by atoms with Crippen LogP contribution in [-0.4, -0.2) is 22.8 Å². The summed E-state index contributed by atoms with van der Waals surface area (Å²) in [6.45, 7) is 4.22. The van der Waals surface area contributed by atoms with E-state index in [9.17, 15) is 0 Å². The number of ether oxygens (including phenoxy) is 2. The molecule has 100 valence electrons. The lowest BCUT2D eigenvalue weighted by molar-refractivity contribution is 0.297. The van der Waals surface area contributed by atoms with E-state index in [0.29, 0.717) is 19.0 Å². The molecular weight excluding hydrogens is 242 g/mol. The molecule has 1 aliphatic heterocycles. The lowest BCUT2D eigenvalue weighted by atomic mass is 10.1. The summed E-state index contributed by atoms with van der Waals surface area (Å²) in [5, 5.41) is 0. The number of benzene rings is 1. The van der Waals surface area contributed by atoms with Gasteiger partial charge in [0.1, 0.15) is 11.5 Å². The van der Waals surface area contributed by atoms with E-state index in [1.807, 2.05) is 29.7 Å². The molecule has 1 aliphatic rings. The Morgan fingerprint density at radius 1 is 1.26 bits per heavy atom. The molecule has 0 radical (unpaired) electrons. The van der Waals surface area contributed by atoms with Crippen LogP contribution in [0.3, 0.4) is 0 Å². The van der Waals surface area contributed by atoms with Gasteiger partial charge in [0, 0.05) is 18.5 Å². The number of fused-ring (bicyclic) bond motifs is 1. The van der Waals surface area contributed by atoms with Crippen LogP contribution in [0.1, 0.15) is 13.3 Å². The van der Waals surface area contributed by atoms with Crippen LogP contribution in [0, 0.1) is 0 Å². The first kappa shape index (κ1) is 11.9. The van der Waals surface area contributed by atoms with Gasteiger partial charge in [-0.25, -0.2) is 4.98 Å². The van der Waals surface area contributed by atoms with Gasteiger partial charge in [0.25, 0.3) is 0 Å². The van der Waals surface area contributed by atoms with E-state index < -0.39 is 0 Å². The van der Waals surface area contributed by atoms with E-state index in [1.54, 1.807) is 6.33 Å². The van der Waals surface area contributed by atoms with Crippen molar-refractivity contribution in [2.75, 3.05) is 18.9 Å². The molecule has 0 saturated carbocycles. The predicted molar refractivity (Wildman–Crippen MR) is 73.4 cm³/mol. The number of nitrogens with zero attached hydrogens (tertiary/aromatic N) is 2. The summed E-state index contributed by atoms with van der Waals surface area (Å²) in [4.78, 5) is 4.37. The Kier molecular flexibility index (Phi) is 3.03. The highest BCUT2D eigenvalue weighted by Gasteiger charge is 2.14. The average molecular weight is 259 g/mol. The molecule has 0 amide bonds. The van der Waals surface area contributed by atoms with E-state index in [-0.39, 0.29) is 0 Å². The van der Waals surface area contributed by atoms with Crippen LogP contribution in [0.2, 0.25) is 0 Å². The van der Waals surface area contributed by atoms with Gasteiger partial charge in [-0.15, -0.1) is 0 Å². The summed E-state index contributed by atoms with van der Waals surface area (Å²) in [5.41, 5.74) is 7.82. The summed E-state index contributed by atoms with van der Waals surface area (Å²) < 4.78 is 13.2. The third-order valence-corrected chi connectivity index (χ3v) is 3.24. The van der Waals surface area contributed by atoms with Gasteiger partial charge in [-0.1, -0.05) is 0 Å². The zero-order valence-corrected chi connectivity index (χ0v) is 10.9. The van der Waals surface area contributed by atoms with Gasteiger partial charge in [0.2, 0.25) is 0 Å². The predicted octanol–water partition coefficient (Wildman–Crippen LogP) is 2.31. The molecule has 1 aromatic heterocycles. The monoisotopic (exact) mass is 259 g/mol. The molecule has 0 fully saturated rings. The van der Waals surface area contributed by atoms with Crippen LogP contribution < -0.4 is 15.2 Å². The number of aromatic nitrogens is 2. The van der Waals surface area contributed by atoms with Crippen LogP contribution in [0.25, 0.3) is 11.3 Å². The van der Waals surface area contributed by atoms with Crippen LogP contribution in [0.15, 0.2) is 24.5 Å². The Morgan fingerprint density at radius 3 is 2.79 bits per heavy atom. The largest absolute Gasteiger partial charge is 0.490 e. The minimum Gasteiger partial charge on any atom is -0.490 e. The van der Waals surface area contributed by atoms with Crippen molar-refractivity contribution < 1.29 is 9.47 Å². The first-order chi connectivity index (χ1) is 9.29. The Labute approximate surface area is 112 Å². The van der Waals surface area contributed by atoms with Gasteiger partial charge < -0.3 is 19.8 Å². The summed E-state index contributed by atoms with van der Waals surface area (Å²) in [7, 11) is 0. The van der Waals surface area contributed by atoms with Crippen LogP contribution >= 0.6 is 0 Å². The second-order valence-electron chi connectivity index (χ2n) is 4.48. The number of nitrogen functional groups attached to an aromatic ring is 1. The van der Waals surface area contributed by atoms with E-state index in [1.165, 1.54) is 0 Å². The van der Waals surface area contributed by atoms with E-state index in [4.69, 9.17) is 15.2 Å². The molecule has 0 spiro atoms. The molecule has 2 N–H and O–H groups in total. The molecule has 1 aromatic carbocycles. The third-order valence-electron chi connectivity index (χ3n) is 3.24. The molecule has 0 bridgehead atoms. The fraction of sp³-hybridized carbons (Fsp3) is 0.357. The summed E-state index contributed by atoms with van der Waals surface area (Å²) in [6.07, 6.45) is 2.66. The van der Waals surface area contributed by atoms with Gasteiger partial charge in [-0.3, -0.25) is 0 Å². The van der Waals surface area contributed by atoms with Crippen molar-refractivity contribution in [3.63, 3.8) is 0 Å². The van der Waals surface area contributed by atoms with Crippen molar-refractivity contribution in [1.82, 2.24) is 9.55 Å². The first-order valence-electron chi connectivity index (χ1n) is 6.50. The van der Waals surface area contributed by atoms with Crippen molar-refractivity contribution in [1.29, 1.82) is 0 Å². The maximum atomic E-state index is 6.08. The first-order valence-corrected chi connectivity index (χ1v) is 6.50. The Hall–Kier alpha value is -2.17. The van der Waals surface area contributed by atoms with E-state index in [2.05, 4.69) is 4.98 Å². The maximum Gasteiger partial charge on any atom is 0.161 e. The number of rotatable bonds is 2. The zero-order chi connectivity index (χ0) is 13.2. The molecule has 5 nitrogen and oxygen atoms in total. The van der Waals surface area contributed by atoms with Gasteiger partial charge >= 0.3 is 0 Å². The van der Waals surface area contributed by atoms with Crippen molar-refractivity contribution in [2.45, 2.75) is 19.9 Å². The molecule has 0 aliphatic carbocycles. The van der Waals surface area contributed by atoms with Crippen molar-refractivity contribution >= 4 is 5.82 Å². The van der Waals surface area contributed by atoms with Crippen LogP contribution in [0.4, 0.5) is 5.82 Å². The highest BCUT2D eigenvalue weighted by Crippen LogP contribution is 2.35. The molecular formula is C14H17N3O2. The third kappa shape index (κ3) is 2.12. The van der Waals surface area contributed by atoms with Crippen molar-refractivity contribution in [3.8, 4) is 22.8 Å². The number of hydrogen-bond acceptors (Lipinski definition) is 4. The SMILES string of the molecule is CCn1cnc(-c2ccc3c(c2)OCCCO3)c1N. The lowest BCUT2D eigenvalue weighted by Crippen LogP contribution is -1.99. The Balaban J connectivity index is 2.01. The standard InChI is InChI=1S/C14H17N3O2/c1-2-17-9-16-13(14(17)15)10-4-5-11-12(8-10)19-7-3-6-18-11/h4-5,8-9H,2-3,6-7,15H2,1H3. The molecule has 19 heavy (non-hydrogen) atoms. The molecule has 2 heterocycles. The highest BCUT2D eigenvalue weighted by molar-refractivity contribution is 5.72. The molecule has 0 saturated heterocycles. The van der Waals surface area contributed by atoms with Gasteiger partial charge in [-0.2, -0.15) is 0 Å². The summed E-state index contributed by atoms with van der Waals surface area (Å²) in [6, 6.07) is 5.83. The smallest absolute Gasteiger partial charge is 0.161 e. The topological polar surface area (TPSA) is 62.3 Å². The van der Waals surface area contributed by atoms with Crippen molar-refractivity contribution in [2.24, 2.45) is 0 Å². The second-order valence-corrected chi connectivity index (χ2v) is 4.48. The van der Waals surface area contributed by atoms with E-state index >= 15 is 0 Å². The van der Waals surface area contributed by atoms with Gasteiger partial charge in [0.15, 0.2) is 11.5 Å². The van der Waals surface area contributed by atoms with E-state index in [0.717, 1.165) is 35.7 Å². The number of nitrogens with two attached hydrogens (primary N) is 1. The highest BCUT2D eigenvalue weighted by atomic mass is 16.5. The normalized spacial score (nSPS) is 14.2. The average Bonchev–Trinajstić information content (AvgIpc) is 2.66. The van der Waals surface area contributed by atoms with Gasteiger partial charge in [0.05, 0.1) is 19.5 Å². The number of hydrogen-bond donors (Lipinski definition) is 1. The number of anilines is 1. The quantitative estimate of drug-likeness (QED) is 0.899. The maximum absolute atomic E-state index is 6.08. The molecule has 2 aromatic rings. The number of imidazole rings is 1. The minimum atomic E-state index is 0.676.